The summed E-state index contributed by atoms with van der Waals surface area (Å²) in [7, 11) is 1.56. The molecule has 0 bridgehead atoms. The molecule has 0 fully saturated rings. The van der Waals surface area contributed by atoms with Crippen molar-refractivity contribution in [3.8, 4) is 10.4 Å². The minimum Gasteiger partial charge on any atom is -0.355 e. The van der Waals surface area contributed by atoms with Crippen LogP contribution in [0.5, 0.6) is 0 Å². The first-order valence-corrected chi connectivity index (χ1v) is 8.94. The maximum atomic E-state index is 12.2. The number of hydrogen-bond acceptors (Lipinski definition) is 3. The third-order valence-electron chi connectivity index (χ3n) is 3.74. The normalized spacial score (nSPS) is 10.7. The Kier molecular flexibility index (Phi) is 5.61. The van der Waals surface area contributed by atoms with Crippen LogP contribution in [0.25, 0.3) is 16.5 Å². The van der Waals surface area contributed by atoms with Crippen molar-refractivity contribution < 1.29 is 9.59 Å². The van der Waals surface area contributed by atoms with Crippen molar-refractivity contribution in [3.05, 3.63) is 83.2 Å². The molecule has 2 amide bonds. The lowest BCUT2D eigenvalue weighted by molar-refractivity contribution is -0.111. The van der Waals surface area contributed by atoms with E-state index in [-0.39, 0.29) is 11.8 Å². The van der Waals surface area contributed by atoms with Gasteiger partial charge in [-0.15, -0.1) is 11.3 Å². The fraction of sp³-hybridized carbons (Fsp3) is 0.0476. The molecule has 3 aromatic rings. The first-order chi connectivity index (χ1) is 12.7. The Labute approximate surface area is 156 Å². The molecular formula is C21H18N2O2S. The molecule has 0 aliphatic rings. The van der Waals surface area contributed by atoms with Gasteiger partial charge in [0.1, 0.15) is 0 Å². The van der Waals surface area contributed by atoms with Crippen LogP contribution in [0.1, 0.15) is 15.2 Å². The number of hydrogen-bond donors (Lipinski definition) is 2. The number of carbonyl (C=O) groups is 2. The smallest absolute Gasteiger partial charge is 0.253 e. The summed E-state index contributed by atoms with van der Waals surface area (Å²) in [5.41, 5.74) is 2.07. The Hall–Kier alpha value is -3.18. The summed E-state index contributed by atoms with van der Waals surface area (Å²) in [5, 5.41) is 5.32. The molecule has 2 aromatic carbocycles. The van der Waals surface area contributed by atoms with Crippen LogP contribution in [-0.4, -0.2) is 18.9 Å². The number of thiophene rings is 1. The van der Waals surface area contributed by atoms with Gasteiger partial charge in [-0.25, -0.2) is 0 Å². The second-order valence-corrected chi connectivity index (χ2v) is 6.63. The van der Waals surface area contributed by atoms with E-state index in [9.17, 15) is 9.59 Å². The van der Waals surface area contributed by atoms with Crippen LogP contribution in [0.3, 0.4) is 0 Å². The molecule has 0 radical (unpaired) electrons. The van der Waals surface area contributed by atoms with Gasteiger partial charge in [0.2, 0.25) is 5.91 Å². The zero-order valence-electron chi connectivity index (χ0n) is 14.2. The van der Waals surface area contributed by atoms with Gasteiger partial charge in [0.05, 0.1) is 11.3 Å². The largest absolute Gasteiger partial charge is 0.355 e. The van der Waals surface area contributed by atoms with Crippen LogP contribution < -0.4 is 10.6 Å². The molecule has 0 unspecified atom stereocenters. The molecule has 130 valence electrons. The highest BCUT2D eigenvalue weighted by molar-refractivity contribution is 7.16. The number of para-hydroxylation sites is 1. The maximum Gasteiger partial charge on any atom is 0.253 e. The van der Waals surface area contributed by atoms with Crippen molar-refractivity contribution in [2.45, 2.75) is 0 Å². The lowest BCUT2D eigenvalue weighted by atomic mass is 10.1. The van der Waals surface area contributed by atoms with Crippen molar-refractivity contribution in [2.75, 3.05) is 12.4 Å². The van der Waals surface area contributed by atoms with Gasteiger partial charge in [-0.05, 0) is 35.9 Å². The lowest BCUT2D eigenvalue weighted by Gasteiger charge is -2.08. The fourth-order valence-corrected chi connectivity index (χ4v) is 3.37. The summed E-state index contributed by atoms with van der Waals surface area (Å²) >= 11 is 1.62. The zero-order valence-corrected chi connectivity index (χ0v) is 15.0. The van der Waals surface area contributed by atoms with Gasteiger partial charge in [-0.3, -0.25) is 9.59 Å². The van der Waals surface area contributed by atoms with Gasteiger partial charge in [-0.1, -0.05) is 42.5 Å². The molecule has 0 aliphatic carbocycles. The topological polar surface area (TPSA) is 58.2 Å². The maximum absolute atomic E-state index is 12.2. The summed E-state index contributed by atoms with van der Waals surface area (Å²) in [5.74, 6) is -0.522. The van der Waals surface area contributed by atoms with Gasteiger partial charge in [0.25, 0.3) is 5.91 Å². The molecule has 0 saturated carbocycles. The Bertz CT molecular complexity index is 945. The Morgan fingerprint density at radius 3 is 2.42 bits per heavy atom. The molecule has 5 heteroatoms. The molecule has 0 saturated heterocycles. The fourth-order valence-electron chi connectivity index (χ4n) is 2.46. The van der Waals surface area contributed by atoms with E-state index in [0.717, 1.165) is 15.3 Å². The molecule has 4 nitrogen and oxygen atoms in total. The van der Waals surface area contributed by atoms with E-state index >= 15 is 0 Å². The highest BCUT2D eigenvalue weighted by Crippen LogP contribution is 2.28. The molecular weight excluding hydrogens is 344 g/mol. The number of amides is 2. The van der Waals surface area contributed by atoms with Crippen LogP contribution in [0.15, 0.2) is 72.8 Å². The summed E-state index contributed by atoms with van der Waals surface area (Å²) in [6, 6.07) is 21.0. The minimum atomic E-state index is -0.281. The van der Waals surface area contributed by atoms with E-state index in [2.05, 4.69) is 22.8 Å². The summed E-state index contributed by atoms with van der Waals surface area (Å²) in [6.45, 7) is 0. The predicted octanol–water partition coefficient (Wildman–Crippen LogP) is 4.43. The predicted molar refractivity (Wildman–Crippen MR) is 107 cm³/mol. The average molecular weight is 362 g/mol. The van der Waals surface area contributed by atoms with Crippen LogP contribution in [0.4, 0.5) is 5.69 Å². The average Bonchev–Trinajstić information content (AvgIpc) is 3.16. The second-order valence-electron chi connectivity index (χ2n) is 5.52. The van der Waals surface area contributed by atoms with Gasteiger partial charge in [0, 0.05) is 22.9 Å². The van der Waals surface area contributed by atoms with E-state index in [0.29, 0.717) is 11.3 Å². The zero-order chi connectivity index (χ0) is 18.4. The number of rotatable bonds is 5. The van der Waals surface area contributed by atoms with Crippen LogP contribution in [0.2, 0.25) is 0 Å². The lowest BCUT2D eigenvalue weighted by Crippen LogP contribution is -2.20. The summed E-state index contributed by atoms with van der Waals surface area (Å²) < 4.78 is 0. The highest BCUT2D eigenvalue weighted by atomic mass is 32.1. The highest BCUT2D eigenvalue weighted by Gasteiger charge is 2.10. The number of anilines is 1. The van der Waals surface area contributed by atoms with Gasteiger partial charge >= 0.3 is 0 Å². The molecule has 26 heavy (non-hydrogen) atoms. The van der Waals surface area contributed by atoms with E-state index in [1.165, 1.54) is 6.08 Å². The van der Waals surface area contributed by atoms with Crippen molar-refractivity contribution in [3.63, 3.8) is 0 Å². The van der Waals surface area contributed by atoms with Crippen molar-refractivity contribution in [2.24, 2.45) is 0 Å². The standard InChI is InChI=1S/C21H18N2O2S/c1-22-21(25)17-9-5-6-10-18(17)23-20(24)14-12-16-11-13-19(26-16)15-7-3-2-4-8-15/h2-14H,1H3,(H,22,25)(H,23,24)/b14-12+. The van der Waals surface area contributed by atoms with E-state index in [1.807, 2.05) is 30.3 Å². The molecule has 1 aromatic heterocycles. The number of benzene rings is 2. The molecule has 0 atom stereocenters. The summed E-state index contributed by atoms with van der Waals surface area (Å²) in [6.07, 6.45) is 3.25. The van der Waals surface area contributed by atoms with Gasteiger partial charge in [0.15, 0.2) is 0 Å². The molecule has 2 N–H and O–H groups in total. The number of carbonyl (C=O) groups excluding carboxylic acids is 2. The van der Waals surface area contributed by atoms with E-state index < -0.39 is 0 Å². The minimum absolute atomic E-state index is 0.240. The SMILES string of the molecule is CNC(=O)c1ccccc1NC(=O)/C=C/c1ccc(-c2ccccc2)s1. The van der Waals surface area contributed by atoms with E-state index in [1.54, 1.807) is 48.7 Å². The monoisotopic (exact) mass is 362 g/mol. The van der Waals surface area contributed by atoms with Gasteiger partial charge < -0.3 is 10.6 Å². The quantitative estimate of drug-likeness (QED) is 0.660. The molecule has 0 aliphatic heterocycles. The Balaban J connectivity index is 1.70. The second kappa shape index (κ2) is 8.27. The van der Waals surface area contributed by atoms with Crippen molar-refractivity contribution >= 4 is 34.9 Å². The number of nitrogens with one attached hydrogen (secondary N) is 2. The first kappa shape index (κ1) is 17.6. The third kappa shape index (κ3) is 4.26. The van der Waals surface area contributed by atoms with Crippen LogP contribution in [0, 0.1) is 0 Å². The third-order valence-corrected chi connectivity index (χ3v) is 4.84. The first-order valence-electron chi connectivity index (χ1n) is 8.13. The van der Waals surface area contributed by atoms with Crippen LogP contribution in [-0.2, 0) is 4.79 Å². The molecule has 3 rings (SSSR count). The summed E-state index contributed by atoms with van der Waals surface area (Å²) in [4.78, 5) is 26.2. The van der Waals surface area contributed by atoms with E-state index in [4.69, 9.17) is 0 Å². The Morgan fingerprint density at radius 2 is 1.65 bits per heavy atom. The van der Waals surface area contributed by atoms with Crippen LogP contribution >= 0.6 is 11.3 Å². The van der Waals surface area contributed by atoms with Crippen molar-refractivity contribution in [1.29, 1.82) is 0 Å². The Morgan fingerprint density at radius 1 is 0.923 bits per heavy atom. The van der Waals surface area contributed by atoms with Gasteiger partial charge in [-0.2, -0.15) is 0 Å². The molecule has 1 heterocycles. The van der Waals surface area contributed by atoms with Crippen molar-refractivity contribution in [1.82, 2.24) is 5.32 Å². The molecule has 0 spiro atoms.